The topological polar surface area (TPSA) is 35.2 Å². The van der Waals surface area contributed by atoms with Crippen molar-refractivity contribution in [2.24, 2.45) is 11.7 Å². The van der Waals surface area contributed by atoms with Crippen molar-refractivity contribution in [1.29, 1.82) is 0 Å². The van der Waals surface area contributed by atoms with Gasteiger partial charge in [0.05, 0.1) is 0 Å². The minimum absolute atomic E-state index is 0.377. The largest absolute Gasteiger partial charge is 0.385 e. The second-order valence-corrected chi connectivity index (χ2v) is 4.55. The maximum atomic E-state index is 6.11. The molecule has 92 valence electrons. The minimum Gasteiger partial charge on any atom is -0.385 e. The van der Waals surface area contributed by atoms with E-state index in [9.17, 15) is 0 Å². The van der Waals surface area contributed by atoms with Crippen LogP contribution in [0.25, 0.3) is 0 Å². The predicted molar refractivity (Wildman–Crippen MR) is 67.0 cm³/mol. The van der Waals surface area contributed by atoms with Crippen LogP contribution in [0.2, 0.25) is 0 Å². The van der Waals surface area contributed by atoms with Gasteiger partial charge in [0.2, 0.25) is 0 Å². The third-order valence-electron chi connectivity index (χ3n) is 3.10. The highest BCUT2D eigenvalue weighted by molar-refractivity contribution is 4.68. The third-order valence-corrected chi connectivity index (χ3v) is 3.10. The number of rotatable bonds is 10. The van der Waals surface area contributed by atoms with Gasteiger partial charge in [-0.05, 0) is 25.2 Å². The molecule has 0 amide bonds. The van der Waals surface area contributed by atoms with Gasteiger partial charge in [-0.3, -0.25) is 0 Å². The summed E-state index contributed by atoms with van der Waals surface area (Å²) in [4.78, 5) is 0. The van der Waals surface area contributed by atoms with Crippen LogP contribution in [0.5, 0.6) is 0 Å². The zero-order valence-electron chi connectivity index (χ0n) is 10.8. The molecule has 2 atom stereocenters. The second kappa shape index (κ2) is 10.4. The van der Waals surface area contributed by atoms with Crippen LogP contribution in [0.15, 0.2) is 0 Å². The lowest BCUT2D eigenvalue weighted by Crippen LogP contribution is -2.24. The molecule has 0 aromatic heterocycles. The number of methoxy groups -OCH3 is 1. The first-order valence-electron chi connectivity index (χ1n) is 6.49. The van der Waals surface area contributed by atoms with Gasteiger partial charge >= 0.3 is 0 Å². The summed E-state index contributed by atoms with van der Waals surface area (Å²) >= 11 is 0. The Morgan fingerprint density at radius 3 is 2.40 bits per heavy atom. The van der Waals surface area contributed by atoms with E-state index in [1.54, 1.807) is 7.11 Å². The number of unbranched alkanes of at least 4 members (excludes halogenated alkanes) is 1. The number of hydrogen-bond donors (Lipinski definition) is 1. The Morgan fingerprint density at radius 2 is 1.87 bits per heavy atom. The number of hydrogen-bond acceptors (Lipinski definition) is 2. The summed E-state index contributed by atoms with van der Waals surface area (Å²) in [6, 6.07) is 0.377. The fraction of sp³-hybridized carbons (Fsp3) is 1.00. The van der Waals surface area contributed by atoms with Crippen molar-refractivity contribution < 1.29 is 4.74 Å². The fourth-order valence-corrected chi connectivity index (χ4v) is 2.02. The van der Waals surface area contributed by atoms with E-state index in [1.807, 2.05) is 0 Å². The van der Waals surface area contributed by atoms with E-state index in [0.717, 1.165) is 25.4 Å². The Labute approximate surface area is 95.6 Å². The highest BCUT2D eigenvalue weighted by Crippen LogP contribution is 2.19. The summed E-state index contributed by atoms with van der Waals surface area (Å²) in [5.41, 5.74) is 6.11. The zero-order chi connectivity index (χ0) is 11.5. The predicted octanol–water partition coefficient (Wildman–Crippen LogP) is 3.35. The van der Waals surface area contributed by atoms with E-state index in [-0.39, 0.29) is 0 Å². The summed E-state index contributed by atoms with van der Waals surface area (Å²) in [6.07, 6.45) is 8.68. The van der Waals surface area contributed by atoms with Crippen molar-refractivity contribution in [2.45, 2.75) is 64.8 Å². The van der Waals surface area contributed by atoms with Crippen molar-refractivity contribution in [2.75, 3.05) is 13.7 Å². The normalized spacial score (nSPS) is 15.2. The van der Waals surface area contributed by atoms with Crippen molar-refractivity contribution >= 4 is 0 Å². The molecule has 0 bridgehead atoms. The van der Waals surface area contributed by atoms with Gasteiger partial charge in [-0.1, -0.05) is 39.5 Å². The summed E-state index contributed by atoms with van der Waals surface area (Å²) < 4.78 is 5.03. The van der Waals surface area contributed by atoms with Gasteiger partial charge < -0.3 is 10.5 Å². The fourth-order valence-electron chi connectivity index (χ4n) is 2.02. The van der Waals surface area contributed by atoms with Crippen molar-refractivity contribution in [3.05, 3.63) is 0 Å². The van der Waals surface area contributed by atoms with Crippen LogP contribution in [0.1, 0.15) is 58.8 Å². The summed E-state index contributed by atoms with van der Waals surface area (Å²) in [5, 5.41) is 0. The maximum absolute atomic E-state index is 6.11. The van der Waals surface area contributed by atoms with E-state index in [0.29, 0.717) is 6.04 Å². The van der Waals surface area contributed by atoms with E-state index in [2.05, 4.69) is 13.8 Å². The van der Waals surface area contributed by atoms with Gasteiger partial charge in [-0.25, -0.2) is 0 Å². The molecule has 0 saturated carbocycles. The molecule has 0 fully saturated rings. The first-order chi connectivity index (χ1) is 7.24. The molecule has 0 saturated heterocycles. The Balaban J connectivity index is 3.55. The van der Waals surface area contributed by atoms with Crippen LogP contribution in [0, 0.1) is 5.92 Å². The van der Waals surface area contributed by atoms with Crippen LogP contribution in [0.4, 0.5) is 0 Å². The molecule has 0 aromatic rings. The lowest BCUT2D eigenvalue weighted by Gasteiger charge is -2.19. The smallest absolute Gasteiger partial charge is 0.0462 e. The van der Waals surface area contributed by atoms with Crippen molar-refractivity contribution in [3.8, 4) is 0 Å². The summed E-state index contributed by atoms with van der Waals surface area (Å²) in [6.45, 7) is 5.38. The van der Waals surface area contributed by atoms with E-state index < -0.39 is 0 Å². The zero-order valence-corrected chi connectivity index (χ0v) is 10.8. The second-order valence-electron chi connectivity index (χ2n) is 4.55. The van der Waals surface area contributed by atoms with Gasteiger partial charge in [-0.15, -0.1) is 0 Å². The summed E-state index contributed by atoms with van der Waals surface area (Å²) in [7, 11) is 1.75. The Morgan fingerprint density at radius 1 is 1.13 bits per heavy atom. The lowest BCUT2D eigenvalue weighted by atomic mass is 9.91. The molecule has 15 heavy (non-hydrogen) atoms. The van der Waals surface area contributed by atoms with Crippen LogP contribution in [-0.2, 0) is 4.74 Å². The molecule has 2 nitrogen and oxygen atoms in total. The molecule has 0 spiro atoms. The molecule has 0 radical (unpaired) electrons. The molecule has 2 heteroatoms. The quantitative estimate of drug-likeness (QED) is 0.567. The molecular formula is C13H29NO. The molecule has 0 aromatic carbocycles. The van der Waals surface area contributed by atoms with E-state index >= 15 is 0 Å². The van der Waals surface area contributed by atoms with Crippen LogP contribution in [0.3, 0.4) is 0 Å². The number of ether oxygens (including phenoxy) is 1. The van der Waals surface area contributed by atoms with Crippen LogP contribution >= 0.6 is 0 Å². The van der Waals surface area contributed by atoms with Crippen LogP contribution < -0.4 is 5.73 Å². The highest BCUT2D eigenvalue weighted by Gasteiger charge is 2.11. The molecule has 0 rings (SSSR count). The average molecular weight is 215 g/mol. The maximum Gasteiger partial charge on any atom is 0.0462 e. The Kier molecular flexibility index (Phi) is 10.4. The molecule has 2 N–H and O–H groups in total. The molecule has 0 aliphatic heterocycles. The van der Waals surface area contributed by atoms with Crippen molar-refractivity contribution in [3.63, 3.8) is 0 Å². The monoisotopic (exact) mass is 215 g/mol. The Bertz CT molecular complexity index is 128. The molecule has 2 unspecified atom stereocenters. The third kappa shape index (κ3) is 8.88. The van der Waals surface area contributed by atoms with Gasteiger partial charge in [0, 0.05) is 19.8 Å². The highest BCUT2D eigenvalue weighted by atomic mass is 16.5. The SMILES string of the molecule is CCCCC(CC)CC(N)CCCOC. The average Bonchev–Trinajstić information content (AvgIpc) is 2.24. The lowest BCUT2D eigenvalue weighted by molar-refractivity contribution is 0.188. The van der Waals surface area contributed by atoms with Gasteiger partial charge in [0.25, 0.3) is 0 Å². The van der Waals surface area contributed by atoms with Crippen molar-refractivity contribution in [1.82, 2.24) is 0 Å². The molecule has 0 aliphatic carbocycles. The van der Waals surface area contributed by atoms with E-state index in [1.165, 1.54) is 32.1 Å². The number of nitrogens with two attached hydrogens (primary N) is 1. The summed E-state index contributed by atoms with van der Waals surface area (Å²) in [5.74, 6) is 0.836. The minimum atomic E-state index is 0.377. The standard InChI is InChI=1S/C13H29NO/c1-4-6-8-12(5-2)11-13(14)9-7-10-15-3/h12-13H,4-11,14H2,1-3H3. The first kappa shape index (κ1) is 14.9. The first-order valence-corrected chi connectivity index (χ1v) is 6.49. The van der Waals surface area contributed by atoms with Gasteiger partial charge in [0.1, 0.15) is 0 Å². The molecule has 0 heterocycles. The van der Waals surface area contributed by atoms with Gasteiger partial charge in [0.15, 0.2) is 0 Å². The van der Waals surface area contributed by atoms with Gasteiger partial charge in [-0.2, -0.15) is 0 Å². The molecular weight excluding hydrogens is 186 g/mol. The van der Waals surface area contributed by atoms with Crippen LogP contribution in [-0.4, -0.2) is 19.8 Å². The van der Waals surface area contributed by atoms with E-state index in [4.69, 9.17) is 10.5 Å². The molecule has 0 aliphatic rings. The Hall–Kier alpha value is -0.0800.